The monoisotopic (exact) mass is 357 g/mol. The molecule has 2 aromatic rings. The lowest BCUT2D eigenvalue weighted by molar-refractivity contribution is -0.145. The van der Waals surface area contributed by atoms with Gasteiger partial charge in [0.05, 0.1) is 6.61 Å². The summed E-state index contributed by atoms with van der Waals surface area (Å²) in [6, 6.07) is 4.28. The van der Waals surface area contributed by atoms with Gasteiger partial charge >= 0.3 is 0 Å². The van der Waals surface area contributed by atoms with E-state index in [1.807, 2.05) is 28.3 Å². The molecule has 0 bridgehead atoms. The minimum Gasteiger partial charge on any atom is -0.369 e. The number of fused-ring (bicyclic) bond motifs is 3. The molecule has 1 spiro atoms. The number of hydrogen-bond acceptors (Lipinski definition) is 4. The molecule has 0 saturated carbocycles. The SMILES string of the molecule is O=C(C1CCn2nccc2C1)N1CCC2(CC1)OCCc1ccsc12. The predicted molar refractivity (Wildman–Crippen MR) is 95.5 cm³/mol. The third-order valence-electron chi connectivity index (χ3n) is 6.09. The zero-order valence-electron chi connectivity index (χ0n) is 14.3. The number of likely N-dealkylation sites (tertiary alicyclic amines) is 1. The molecule has 2 aromatic heterocycles. The van der Waals surface area contributed by atoms with Gasteiger partial charge in [-0.05, 0) is 48.8 Å². The molecule has 1 unspecified atom stereocenters. The van der Waals surface area contributed by atoms with Crippen molar-refractivity contribution < 1.29 is 9.53 Å². The number of aromatic nitrogens is 2. The highest BCUT2D eigenvalue weighted by atomic mass is 32.1. The average molecular weight is 357 g/mol. The lowest BCUT2D eigenvalue weighted by Crippen LogP contribution is -2.50. The van der Waals surface area contributed by atoms with Crippen LogP contribution in [0.15, 0.2) is 23.7 Å². The molecule has 3 aliphatic rings. The van der Waals surface area contributed by atoms with Gasteiger partial charge in [-0.25, -0.2) is 0 Å². The van der Waals surface area contributed by atoms with Crippen molar-refractivity contribution in [1.82, 2.24) is 14.7 Å². The van der Waals surface area contributed by atoms with E-state index in [0.29, 0.717) is 5.91 Å². The van der Waals surface area contributed by atoms with Crippen LogP contribution in [0.25, 0.3) is 0 Å². The fraction of sp³-hybridized carbons (Fsp3) is 0.579. The topological polar surface area (TPSA) is 47.4 Å². The molecule has 3 aliphatic heterocycles. The van der Waals surface area contributed by atoms with E-state index in [9.17, 15) is 4.79 Å². The average Bonchev–Trinajstić information content (AvgIpc) is 3.31. The van der Waals surface area contributed by atoms with Crippen molar-refractivity contribution in [3.05, 3.63) is 39.8 Å². The maximum atomic E-state index is 13.0. The van der Waals surface area contributed by atoms with Crippen LogP contribution in [0.3, 0.4) is 0 Å². The van der Waals surface area contributed by atoms with Crippen LogP contribution in [0.5, 0.6) is 0 Å². The van der Waals surface area contributed by atoms with E-state index in [0.717, 1.165) is 58.3 Å². The normalized spacial score (nSPS) is 24.8. The lowest BCUT2D eigenvalue weighted by Gasteiger charge is -2.44. The quantitative estimate of drug-likeness (QED) is 0.788. The van der Waals surface area contributed by atoms with Gasteiger partial charge in [0, 0.05) is 48.7 Å². The van der Waals surface area contributed by atoms with E-state index in [1.165, 1.54) is 16.1 Å². The fourth-order valence-corrected chi connectivity index (χ4v) is 5.82. The molecule has 5 heterocycles. The molecule has 6 heteroatoms. The summed E-state index contributed by atoms with van der Waals surface area (Å²) in [5.41, 5.74) is 2.51. The number of amides is 1. The highest BCUT2D eigenvalue weighted by Gasteiger charge is 2.43. The van der Waals surface area contributed by atoms with Crippen LogP contribution in [-0.2, 0) is 34.5 Å². The van der Waals surface area contributed by atoms with Gasteiger partial charge in [-0.1, -0.05) is 0 Å². The molecule has 1 saturated heterocycles. The molecular weight excluding hydrogens is 334 g/mol. The van der Waals surface area contributed by atoms with Crippen molar-refractivity contribution in [1.29, 1.82) is 0 Å². The van der Waals surface area contributed by atoms with E-state index in [1.54, 1.807) is 0 Å². The summed E-state index contributed by atoms with van der Waals surface area (Å²) in [6.07, 6.45) is 6.45. The lowest BCUT2D eigenvalue weighted by atomic mass is 9.84. The van der Waals surface area contributed by atoms with Crippen LogP contribution < -0.4 is 0 Å². The molecule has 1 amide bonds. The molecule has 1 fully saturated rings. The fourth-order valence-electron chi connectivity index (χ4n) is 4.65. The number of thiophene rings is 1. The van der Waals surface area contributed by atoms with Crippen LogP contribution in [0.1, 0.15) is 35.4 Å². The maximum absolute atomic E-state index is 13.0. The van der Waals surface area contributed by atoms with Crippen LogP contribution in [-0.4, -0.2) is 40.3 Å². The highest BCUT2D eigenvalue weighted by molar-refractivity contribution is 7.10. The van der Waals surface area contributed by atoms with Gasteiger partial charge in [-0.2, -0.15) is 5.10 Å². The second-order valence-corrected chi connectivity index (χ2v) is 8.34. The number of rotatable bonds is 1. The molecule has 132 valence electrons. The van der Waals surface area contributed by atoms with E-state index >= 15 is 0 Å². The van der Waals surface area contributed by atoms with Gasteiger partial charge in [0.1, 0.15) is 5.60 Å². The Bertz CT molecular complexity index is 788. The Kier molecular flexibility index (Phi) is 3.71. The van der Waals surface area contributed by atoms with Crippen LogP contribution in [0, 0.1) is 5.92 Å². The summed E-state index contributed by atoms with van der Waals surface area (Å²) in [4.78, 5) is 16.5. The Labute approximate surface area is 151 Å². The maximum Gasteiger partial charge on any atom is 0.226 e. The summed E-state index contributed by atoms with van der Waals surface area (Å²) >= 11 is 1.82. The molecule has 0 aliphatic carbocycles. The molecule has 25 heavy (non-hydrogen) atoms. The Hall–Kier alpha value is -1.66. The van der Waals surface area contributed by atoms with Crippen molar-refractivity contribution in [2.45, 2.75) is 44.2 Å². The molecule has 0 radical (unpaired) electrons. The van der Waals surface area contributed by atoms with Crippen LogP contribution >= 0.6 is 11.3 Å². The van der Waals surface area contributed by atoms with Gasteiger partial charge in [0.2, 0.25) is 5.91 Å². The first-order chi connectivity index (χ1) is 12.3. The Morgan fingerprint density at radius 3 is 3.04 bits per heavy atom. The van der Waals surface area contributed by atoms with Crippen molar-refractivity contribution >= 4 is 17.2 Å². The minimum absolute atomic E-state index is 0.114. The number of ether oxygens (including phenoxy) is 1. The molecule has 0 aromatic carbocycles. The molecule has 5 rings (SSSR count). The Morgan fingerprint density at radius 2 is 2.16 bits per heavy atom. The van der Waals surface area contributed by atoms with Gasteiger partial charge in [0.25, 0.3) is 0 Å². The van der Waals surface area contributed by atoms with Crippen molar-refractivity contribution in [3.8, 4) is 0 Å². The van der Waals surface area contributed by atoms with Gasteiger partial charge < -0.3 is 9.64 Å². The van der Waals surface area contributed by atoms with E-state index in [-0.39, 0.29) is 11.5 Å². The number of hydrogen-bond donors (Lipinski definition) is 0. The smallest absolute Gasteiger partial charge is 0.226 e. The summed E-state index contributed by atoms with van der Waals surface area (Å²) in [5.74, 6) is 0.437. The number of aryl methyl sites for hydroxylation is 1. The van der Waals surface area contributed by atoms with Gasteiger partial charge in [-0.3, -0.25) is 9.48 Å². The van der Waals surface area contributed by atoms with Gasteiger partial charge in [-0.15, -0.1) is 11.3 Å². The third-order valence-corrected chi connectivity index (χ3v) is 7.23. The van der Waals surface area contributed by atoms with Crippen molar-refractivity contribution in [2.75, 3.05) is 19.7 Å². The first-order valence-corrected chi connectivity index (χ1v) is 10.1. The first-order valence-electron chi connectivity index (χ1n) is 9.25. The zero-order chi connectivity index (χ0) is 16.9. The molecule has 1 atom stereocenters. The zero-order valence-corrected chi connectivity index (χ0v) is 15.1. The summed E-state index contributed by atoms with van der Waals surface area (Å²) in [5, 5.41) is 6.50. The standard InChI is InChI=1S/C19H23N3O2S/c23-18(15-2-8-22-16(13-15)1-7-20-22)21-9-5-19(6-10-21)17-14(3-11-24-19)4-12-25-17/h1,4,7,12,15H,2-3,5-6,8-11,13H2. The van der Waals surface area contributed by atoms with Gasteiger partial charge in [0.15, 0.2) is 0 Å². The summed E-state index contributed by atoms with van der Waals surface area (Å²) < 4.78 is 8.29. The van der Waals surface area contributed by atoms with E-state index in [2.05, 4.69) is 21.4 Å². The van der Waals surface area contributed by atoms with Crippen LogP contribution in [0.2, 0.25) is 0 Å². The van der Waals surface area contributed by atoms with E-state index < -0.39 is 0 Å². The third kappa shape index (κ3) is 2.54. The molecular formula is C19H23N3O2S. The second-order valence-electron chi connectivity index (χ2n) is 7.43. The predicted octanol–water partition coefficient (Wildman–Crippen LogP) is 2.60. The highest BCUT2D eigenvalue weighted by Crippen LogP contribution is 2.44. The minimum atomic E-state index is -0.135. The summed E-state index contributed by atoms with van der Waals surface area (Å²) in [6.45, 7) is 3.29. The second kappa shape index (κ2) is 5.95. The Balaban J connectivity index is 1.28. The summed E-state index contributed by atoms with van der Waals surface area (Å²) in [7, 11) is 0. The number of carbonyl (C=O) groups is 1. The first kappa shape index (κ1) is 15.6. The van der Waals surface area contributed by atoms with Crippen molar-refractivity contribution in [3.63, 3.8) is 0 Å². The number of nitrogens with zero attached hydrogens (tertiary/aromatic N) is 3. The largest absolute Gasteiger partial charge is 0.369 e. The van der Waals surface area contributed by atoms with E-state index in [4.69, 9.17) is 4.74 Å². The molecule has 5 nitrogen and oxygen atoms in total. The number of piperidine rings is 1. The van der Waals surface area contributed by atoms with Crippen molar-refractivity contribution in [2.24, 2.45) is 5.92 Å². The number of carbonyl (C=O) groups excluding carboxylic acids is 1. The molecule has 0 N–H and O–H groups in total. The Morgan fingerprint density at radius 1 is 1.28 bits per heavy atom. The van der Waals surface area contributed by atoms with Crippen LogP contribution in [0.4, 0.5) is 0 Å².